The zero-order valence-corrected chi connectivity index (χ0v) is 19.0. The molecule has 2 N–H and O–H groups in total. The van der Waals surface area contributed by atoms with Crippen molar-refractivity contribution in [1.29, 1.82) is 0 Å². The van der Waals surface area contributed by atoms with Crippen LogP contribution < -0.4 is 9.62 Å². The Balaban J connectivity index is 1.38. The Kier molecular flexibility index (Phi) is 6.57. The largest absolute Gasteiger partial charge is 0.508 e. The molecule has 10 heteroatoms. The minimum Gasteiger partial charge on any atom is -0.508 e. The van der Waals surface area contributed by atoms with E-state index in [-0.39, 0.29) is 11.4 Å². The van der Waals surface area contributed by atoms with Crippen molar-refractivity contribution in [1.82, 2.24) is 19.8 Å². The summed E-state index contributed by atoms with van der Waals surface area (Å²) >= 11 is 0. The number of hydrogen-bond acceptors (Lipinski definition) is 8. The molecule has 2 heterocycles. The average molecular weight is 468 g/mol. The van der Waals surface area contributed by atoms with Gasteiger partial charge < -0.3 is 10.0 Å². The Hall–Kier alpha value is -3.50. The van der Waals surface area contributed by atoms with Crippen LogP contribution in [0.5, 0.6) is 5.75 Å². The summed E-state index contributed by atoms with van der Waals surface area (Å²) in [5.41, 5.74) is 3.23. The second kappa shape index (κ2) is 9.55. The Labute approximate surface area is 192 Å². The number of carbonyl (C=O) groups excluding carboxylic acids is 1. The van der Waals surface area contributed by atoms with Crippen molar-refractivity contribution in [2.45, 2.75) is 6.54 Å². The van der Waals surface area contributed by atoms with Crippen LogP contribution in [-0.2, 0) is 16.6 Å². The second-order valence-electron chi connectivity index (χ2n) is 7.95. The van der Waals surface area contributed by atoms with Gasteiger partial charge in [0.1, 0.15) is 5.75 Å². The molecule has 1 aromatic heterocycles. The Morgan fingerprint density at radius 2 is 1.76 bits per heavy atom. The number of benzene rings is 2. The quantitative estimate of drug-likeness (QED) is 0.564. The summed E-state index contributed by atoms with van der Waals surface area (Å²) in [4.78, 5) is 16.3. The predicted octanol–water partition coefficient (Wildman–Crippen LogP) is 1.86. The minimum absolute atomic E-state index is 0.0497. The maximum Gasteiger partial charge on any atom is 0.285 e. The lowest BCUT2D eigenvalue weighted by atomic mass is 9.99. The number of nitrogens with one attached hydrogen (secondary N) is 1. The van der Waals surface area contributed by atoms with Crippen LogP contribution in [0.2, 0.25) is 0 Å². The number of hydrogen-bond donors (Lipinski definition) is 2. The number of amides is 1. The molecule has 1 aliphatic heterocycles. The molecule has 0 saturated carbocycles. The van der Waals surface area contributed by atoms with Crippen molar-refractivity contribution in [3.63, 3.8) is 0 Å². The topological polar surface area (TPSA) is 116 Å². The highest BCUT2D eigenvalue weighted by molar-refractivity contribution is 7.89. The van der Waals surface area contributed by atoms with Crippen molar-refractivity contribution in [3.8, 4) is 16.9 Å². The molecular formula is C23H25N5O4S. The van der Waals surface area contributed by atoms with E-state index in [0.29, 0.717) is 5.82 Å². The average Bonchev–Trinajstić information content (AvgIpc) is 2.79. The van der Waals surface area contributed by atoms with Gasteiger partial charge in [0.25, 0.3) is 5.91 Å². The zero-order chi connectivity index (χ0) is 23.4. The molecular weight excluding hydrogens is 442 g/mol. The van der Waals surface area contributed by atoms with E-state index in [1.165, 1.54) is 11.6 Å². The first kappa shape index (κ1) is 22.7. The molecule has 9 nitrogen and oxygen atoms in total. The fourth-order valence-electron chi connectivity index (χ4n) is 3.82. The lowest BCUT2D eigenvalue weighted by Crippen LogP contribution is -2.46. The normalized spacial score (nSPS) is 14.8. The number of carbonyl (C=O) groups is 1. The van der Waals surface area contributed by atoms with E-state index < -0.39 is 15.9 Å². The number of aromatic hydroxyl groups is 1. The molecule has 0 unspecified atom stereocenters. The van der Waals surface area contributed by atoms with Gasteiger partial charge >= 0.3 is 0 Å². The van der Waals surface area contributed by atoms with Gasteiger partial charge in [0.2, 0.25) is 10.0 Å². The van der Waals surface area contributed by atoms with Crippen molar-refractivity contribution in [3.05, 3.63) is 71.9 Å². The summed E-state index contributed by atoms with van der Waals surface area (Å²) in [7, 11) is -3.65. The molecule has 1 saturated heterocycles. The van der Waals surface area contributed by atoms with Crippen LogP contribution in [0.1, 0.15) is 16.1 Å². The van der Waals surface area contributed by atoms with E-state index in [0.717, 1.165) is 50.1 Å². The molecule has 0 aliphatic carbocycles. The fourth-order valence-corrected chi connectivity index (χ4v) is 4.27. The lowest BCUT2D eigenvalue weighted by molar-refractivity contribution is 0.0976. The number of sulfonamides is 1. The van der Waals surface area contributed by atoms with E-state index in [9.17, 15) is 18.3 Å². The number of phenols is 1. The summed E-state index contributed by atoms with van der Waals surface area (Å²) in [5.74, 6) is 0.0920. The van der Waals surface area contributed by atoms with Gasteiger partial charge in [-0.15, -0.1) is 10.2 Å². The van der Waals surface area contributed by atoms with Gasteiger partial charge in [-0.1, -0.05) is 36.4 Å². The minimum atomic E-state index is -3.65. The third kappa shape index (κ3) is 5.85. The second-order valence-corrected chi connectivity index (χ2v) is 9.70. The summed E-state index contributed by atoms with van der Waals surface area (Å²) in [6, 6.07) is 18.6. The van der Waals surface area contributed by atoms with Crippen LogP contribution in [0, 0.1) is 0 Å². The Morgan fingerprint density at radius 1 is 1.00 bits per heavy atom. The van der Waals surface area contributed by atoms with E-state index in [1.54, 1.807) is 18.2 Å². The summed E-state index contributed by atoms with van der Waals surface area (Å²) in [6.45, 7) is 3.93. The first-order chi connectivity index (χ1) is 15.8. The van der Waals surface area contributed by atoms with Gasteiger partial charge in [0.15, 0.2) is 11.5 Å². The maximum absolute atomic E-state index is 11.9. The number of piperazine rings is 1. The van der Waals surface area contributed by atoms with Gasteiger partial charge in [0, 0.05) is 32.7 Å². The SMILES string of the molecule is CS(=O)(=O)NC(=O)c1ccc(N2CCN(Cc3ccccc3-c3cccc(O)c3)CC2)nn1. The first-order valence-corrected chi connectivity index (χ1v) is 12.4. The molecule has 0 spiro atoms. The van der Waals surface area contributed by atoms with Crippen LogP contribution in [0.25, 0.3) is 11.1 Å². The summed E-state index contributed by atoms with van der Waals surface area (Å²) in [6.07, 6.45) is 0.911. The molecule has 0 bridgehead atoms. The lowest BCUT2D eigenvalue weighted by Gasteiger charge is -2.35. The van der Waals surface area contributed by atoms with Gasteiger partial charge in [-0.05, 0) is 41.0 Å². The number of rotatable bonds is 6. The molecule has 0 radical (unpaired) electrons. The third-order valence-corrected chi connectivity index (χ3v) is 5.98. The monoisotopic (exact) mass is 467 g/mol. The summed E-state index contributed by atoms with van der Waals surface area (Å²) < 4.78 is 24.3. The Bertz CT molecular complexity index is 1240. The molecule has 3 aromatic rings. The highest BCUT2D eigenvalue weighted by atomic mass is 32.2. The fraction of sp³-hybridized carbons (Fsp3) is 0.261. The van der Waals surface area contributed by atoms with Crippen molar-refractivity contribution >= 4 is 21.7 Å². The van der Waals surface area contributed by atoms with Crippen LogP contribution >= 0.6 is 0 Å². The van der Waals surface area contributed by atoms with Gasteiger partial charge in [-0.3, -0.25) is 9.69 Å². The Morgan fingerprint density at radius 3 is 2.42 bits per heavy atom. The maximum atomic E-state index is 11.9. The number of phenolic OH excluding ortho intramolecular Hbond substituents is 1. The number of anilines is 1. The van der Waals surface area contributed by atoms with Gasteiger partial charge in [-0.2, -0.15) is 0 Å². The molecule has 172 valence electrons. The molecule has 1 aliphatic rings. The molecule has 1 fully saturated rings. The van der Waals surface area contributed by atoms with Crippen LogP contribution in [-0.4, -0.2) is 67.0 Å². The van der Waals surface area contributed by atoms with Crippen LogP contribution in [0.3, 0.4) is 0 Å². The zero-order valence-electron chi connectivity index (χ0n) is 18.2. The van der Waals surface area contributed by atoms with Crippen LogP contribution in [0.4, 0.5) is 5.82 Å². The van der Waals surface area contributed by atoms with E-state index >= 15 is 0 Å². The van der Waals surface area contributed by atoms with Crippen LogP contribution in [0.15, 0.2) is 60.7 Å². The molecule has 2 aromatic carbocycles. The number of aromatic nitrogens is 2. The molecule has 33 heavy (non-hydrogen) atoms. The highest BCUT2D eigenvalue weighted by Gasteiger charge is 2.20. The van der Waals surface area contributed by atoms with E-state index in [2.05, 4.69) is 32.1 Å². The standard InChI is InChI=1S/C23H25N5O4S/c1-33(31,32)26-23(30)21-9-10-22(25-24-21)28-13-11-27(12-14-28)16-18-5-2-3-8-20(18)17-6-4-7-19(29)15-17/h2-10,15,29H,11-14,16H2,1H3,(H,26,30). The van der Waals surface area contributed by atoms with E-state index in [1.807, 2.05) is 29.0 Å². The van der Waals surface area contributed by atoms with Crippen molar-refractivity contribution in [2.24, 2.45) is 0 Å². The molecule has 4 rings (SSSR count). The van der Waals surface area contributed by atoms with Crippen molar-refractivity contribution in [2.75, 3.05) is 37.3 Å². The first-order valence-electron chi connectivity index (χ1n) is 10.5. The van der Waals surface area contributed by atoms with Gasteiger partial charge in [-0.25, -0.2) is 13.1 Å². The van der Waals surface area contributed by atoms with Gasteiger partial charge in [0.05, 0.1) is 6.26 Å². The summed E-state index contributed by atoms with van der Waals surface area (Å²) in [5, 5.41) is 17.8. The molecule has 1 amide bonds. The predicted molar refractivity (Wildman–Crippen MR) is 125 cm³/mol. The third-order valence-electron chi connectivity index (χ3n) is 5.43. The smallest absolute Gasteiger partial charge is 0.285 e. The molecule has 0 atom stereocenters. The highest BCUT2D eigenvalue weighted by Crippen LogP contribution is 2.27. The van der Waals surface area contributed by atoms with E-state index in [4.69, 9.17) is 0 Å². The number of nitrogens with zero attached hydrogens (tertiary/aromatic N) is 4. The van der Waals surface area contributed by atoms with Crippen molar-refractivity contribution < 1.29 is 18.3 Å².